The maximum Gasteiger partial charge on any atom is 0.313 e. The first-order chi connectivity index (χ1) is 11.4. The van der Waals surface area contributed by atoms with Crippen molar-refractivity contribution >= 4 is 28.8 Å². The first-order valence-corrected chi connectivity index (χ1v) is 8.67. The van der Waals surface area contributed by atoms with Crippen molar-refractivity contribution in [2.75, 3.05) is 26.0 Å². The van der Waals surface area contributed by atoms with Crippen LogP contribution in [0.15, 0.2) is 35.0 Å². The summed E-state index contributed by atoms with van der Waals surface area (Å²) in [6.45, 7) is 4.21. The topological polar surface area (TPSA) is 61.4 Å². The van der Waals surface area contributed by atoms with Crippen LogP contribution in [0.1, 0.15) is 22.7 Å². The number of rotatable bonds is 5. The quantitative estimate of drug-likeness (QED) is 0.819. The molecule has 1 aromatic heterocycles. The predicted octanol–water partition coefficient (Wildman–Crippen LogP) is 2.72. The largest absolute Gasteiger partial charge is 0.346 e. The molecule has 1 heterocycles. The first-order valence-electron chi connectivity index (χ1n) is 7.73. The minimum absolute atomic E-state index is 0.0358. The van der Waals surface area contributed by atoms with Gasteiger partial charge in [-0.15, -0.1) is 0 Å². The fourth-order valence-corrected chi connectivity index (χ4v) is 3.09. The molecule has 0 aliphatic heterocycles. The molecule has 2 amide bonds. The number of carbonyl (C=O) groups excluding carboxylic acids is 2. The number of benzene rings is 1. The van der Waals surface area contributed by atoms with E-state index in [4.69, 9.17) is 0 Å². The van der Waals surface area contributed by atoms with E-state index in [1.54, 1.807) is 11.3 Å². The molecule has 0 radical (unpaired) electrons. The molecule has 1 atom stereocenters. The van der Waals surface area contributed by atoms with E-state index in [9.17, 15) is 9.59 Å². The van der Waals surface area contributed by atoms with Crippen molar-refractivity contribution in [1.29, 1.82) is 0 Å². The number of aryl methyl sites for hydroxylation is 2. The molecule has 0 bridgehead atoms. The maximum atomic E-state index is 12.1. The lowest BCUT2D eigenvalue weighted by molar-refractivity contribution is -0.136. The Morgan fingerprint density at radius 3 is 2.54 bits per heavy atom. The van der Waals surface area contributed by atoms with Gasteiger partial charge in [-0.2, -0.15) is 11.3 Å². The summed E-state index contributed by atoms with van der Waals surface area (Å²) in [6.07, 6.45) is 0. The Bertz CT molecular complexity index is 711. The molecule has 0 fully saturated rings. The summed E-state index contributed by atoms with van der Waals surface area (Å²) in [5.74, 6) is -1.27. The molecule has 6 heteroatoms. The Morgan fingerprint density at radius 1 is 1.17 bits per heavy atom. The first kappa shape index (κ1) is 18.2. The number of hydrogen-bond acceptors (Lipinski definition) is 4. The van der Waals surface area contributed by atoms with Gasteiger partial charge < -0.3 is 15.5 Å². The zero-order valence-corrected chi connectivity index (χ0v) is 15.2. The third-order valence-corrected chi connectivity index (χ3v) is 4.56. The second kappa shape index (κ2) is 8.08. The summed E-state index contributed by atoms with van der Waals surface area (Å²) in [5.41, 5.74) is 3.74. The highest BCUT2D eigenvalue weighted by Crippen LogP contribution is 2.20. The molecule has 1 aromatic carbocycles. The van der Waals surface area contributed by atoms with Crippen LogP contribution in [0.4, 0.5) is 5.69 Å². The second-order valence-corrected chi connectivity index (χ2v) is 6.80. The van der Waals surface area contributed by atoms with Crippen LogP contribution >= 0.6 is 11.3 Å². The Kier molecular flexibility index (Phi) is 6.11. The summed E-state index contributed by atoms with van der Waals surface area (Å²) >= 11 is 1.61. The number of thiophene rings is 1. The molecule has 2 N–H and O–H groups in total. The van der Waals surface area contributed by atoms with Crippen LogP contribution < -0.4 is 10.6 Å². The lowest BCUT2D eigenvalue weighted by Gasteiger charge is -2.23. The van der Waals surface area contributed by atoms with Gasteiger partial charge in [0.25, 0.3) is 0 Å². The zero-order valence-electron chi connectivity index (χ0n) is 14.4. The van der Waals surface area contributed by atoms with Crippen molar-refractivity contribution < 1.29 is 9.59 Å². The highest BCUT2D eigenvalue weighted by atomic mass is 32.1. The van der Waals surface area contributed by atoms with Crippen LogP contribution in [-0.4, -0.2) is 37.4 Å². The van der Waals surface area contributed by atoms with E-state index in [2.05, 4.69) is 10.6 Å². The zero-order chi connectivity index (χ0) is 17.7. The predicted molar refractivity (Wildman–Crippen MR) is 98.3 cm³/mol. The number of carbonyl (C=O) groups is 2. The normalized spacial score (nSPS) is 12.0. The molecule has 2 rings (SSSR count). The molecular weight excluding hydrogens is 322 g/mol. The van der Waals surface area contributed by atoms with E-state index >= 15 is 0 Å². The fraction of sp³-hybridized carbons (Fsp3) is 0.333. The Morgan fingerprint density at radius 2 is 1.92 bits per heavy atom. The van der Waals surface area contributed by atoms with Crippen LogP contribution in [0, 0.1) is 13.8 Å². The molecule has 2 aromatic rings. The van der Waals surface area contributed by atoms with E-state index in [1.807, 2.05) is 67.9 Å². The smallest absolute Gasteiger partial charge is 0.313 e. The van der Waals surface area contributed by atoms with Crippen LogP contribution in [0.3, 0.4) is 0 Å². The van der Waals surface area contributed by atoms with Gasteiger partial charge in [0.15, 0.2) is 0 Å². The standard InChI is InChI=1S/C18H23N3O2S/c1-12-5-6-13(2)15(9-12)20-18(23)17(22)19-10-16(21(3)4)14-7-8-24-11-14/h5-9,11,16H,10H2,1-4H3,(H,19,22)(H,20,23). The van der Waals surface area contributed by atoms with Gasteiger partial charge in [0.2, 0.25) is 0 Å². The third-order valence-electron chi connectivity index (χ3n) is 3.85. The van der Waals surface area contributed by atoms with Crippen molar-refractivity contribution in [3.63, 3.8) is 0 Å². The number of nitrogens with one attached hydrogen (secondary N) is 2. The Hall–Kier alpha value is -2.18. The summed E-state index contributed by atoms with van der Waals surface area (Å²) in [4.78, 5) is 26.2. The molecule has 0 aliphatic rings. The highest BCUT2D eigenvalue weighted by Gasteiger charge is 2.19. The van der Waals surface area contributed by atoms with E-state index in [0.717, 1.165) is 16.7 Å². The molecule has 1 unspecified atom stereocenters. The average molecular weight is 345 g/mol. The Balaban J connectivity index is 1.96. The summed E-state index contributed by atoms with van der Waals surface area (Å²) in [7, 11) is 3.90. The molecule has 24 heavy (non-hydrogen) atoms. The monoisotopic (exact) mass is 345 g/mol. The molecule has 0 saturated heterocycles. The minimum Gasteiger partial charge on any atom is -0.346 e. The van der Waals surface area contributed by atoms with Crippen LogP contribution in [0.2, 0.25) is 0 Å². The molecular formula is C18H23N3O2S. The van der Waals surface area contributed by atoms with E-state index in [1.165, 1.54) is 0 Å². The van der Waals surface area contributed by atoms with Gasteiger partial charge >= 0.3 is 11.8 Å². The SMILES string of the molecule is Cc1ccc(C)c(NC(=O)C(=O)NCC(c2ccsc2)N(C)C)c1. The molecule has 0 spiro atoms. The van der Waals surface area contributed by atoms with Gasteiger partial charge in [-0.05, 0) is 67.5 Å². The number of anilines is 1. The van der Waals surface area contributed by atoms with Gasteiger partial charge in [0.1, 0.15) is 0 Å². The summed E-state index contributed by atoms with van der Waals surface area (Å²) in [5, 5.41) is 9.44. The molecule has 5 nitrogen and oxygen atoms in total. The van der Waals surface area contributed by atoms with E-state index in [-0.39, 0.29) is 6.04 Å². The molecule has 0 aliphatic carbocycles. The number of amides is 2. The third kappa shape index (κ3) is 4.66. The van der Waals surface area contributed by atoms with Crippen molar-refractivity contribution in [3.05, 3.63) is 51.7 Å². The second-order valence-electron chi connectivity index (χ2n) is 6.02. The summed E-state index contributed by atoms with van der Waals surface area (Å²) < 4.78 is 0. The van der Waals surface area contributed by atoms with E-state index in [0.29, 0.717) is 12.2 Å². The molecule has 0 saturated carbocycles. The van der Waals surface area contributed by atoms with Gasteiger partial charge in [-0.25, -0.2) is 0 Å². The van der Waals surface area contributed by atoms with Gasteiger partial charge in [0.05, 0.1) is 6.04 Å². The Labute approximate surface area is 146 Å². The lowest BCUT2D eigenvalue weighted by atomic mass is 10.1. The van der Waals surface area contributed by atoms with Crippen molar-refractivity contribution in [2.24, 2.45) is 0 Å². The highest BCUT2D eigenvalue weighted by molar-refractivity contribution is 7.07. The molecule has 128 valence electrons. The van der Waals surface area contributed by atoms with Crippen LogP contribution in [-0.2, 0) is 9.59 Å². The number of hydrogen-bond donors (Lipinski definition) is 2. The lowest BCUT2D eigenvalue weighted by Crippen LogP contribution is -2.40. The van der Waals surface area contributed by atoms with Gasteiger partial charge in [-0.3, -0.25) is 9.59 Å². The van der Waals surface area contributed by atoms with Crippen molar-refractivity contribution in [1.82, 2.24) is 10.2 Å². The number of likely N-dealkylation sites (N-methyl/N-ethyl adjacent to an activating group) is 1. The summed E-state index contributed by atoms with van der Waals surface area (Å²) in [6, 6.07) is 7.80. The fourth-order valence-electron chi connectivity index (χ4n) is 2.38. The minimum atomic E-state index is -0.647. The number of nitrogens with zero attached hydrogens (tertiary/aromatic N) is 1. The maximum absolute atomic E-state index is 12.1. The van der Waals surface area contributed by atoms with Gasteiger partial charge in [0, 0.05) is 12.2 Å². The van der Waals surface area contributed by atoms with Crippen molar-refractivity contribution in [3.8, 4) is 0 Å². The van der Waals surface area contributed by atoms with Crippen LogP contribution in [0.25, 0.3) is 0 Å². The van der Waals surface area contributed by atoms with Gasteiger partial charge in [-0.1, -0.05) is 12.1 Å². The van der Waals surface area contributed by atoms with Crippen LogP contribution in [0.5, 0.6) is 0 Å². The van der Waals surface area contributed by atoms with E-state index < -0.39 is 11.8 Å². The average Bonchev–Trinajstić information content (AvgIpc) is 3.04. The van der Waals surface area contributed by atoms with Crippen molar-refractivity contribution in [2.45, 2.75) is 19.9 Å².